The Morgan fingerprint density at radius 2 is 1.82 bits per heavy atom. The van der Waals surface area contributed by atoms with E-state index in [1.165, 1.54) is 26.0 Å². The van der Waals surface area contributed by atoms with E-state index in [1.54, 1.807) is 0 Å². The number of nitrogens with one attached hydrogen (secondary N) is 1. The molecule has 3 aromatic rings. The van der Waals surface area contributed by atoms with E-state index in [-0.39, 0.29) is 24.0 Å². The minimum absolute atomic E-state index is 0.0602. The SMILES string of the molecule is CCCN1CC(Oc2cc(F)c(C3c4[nH]c5ccccc5c4CCN3CC(C)(C)F)c(F)c2)C1. The number of ether oxygens (including phenoxy) is 1. The number of hydrogen-bond acceptors (Lipinski definition) is 3. The van der Waals surface area contributed by atoms with Gasteiger partial charge in [0.25, 0.3) is 0 Å². The Labute approximate surface area is 198 Å². The molecule has 0 amide bonds. The Morgan fingerprint density at radius 1 is 1.12 bits per heavy atom. The predicted molar refractivity (Wildman–Crippen MR) is 128 cm³/mol. The van der Waals surface area contributed by atoms with E-state index in [9.17, 15) is 4.39 Å². The van der Waals surface area contributed by atoms with Crippen LogP contribution in [0.3, 0.4) is 0 Å². The fraction of sp³-hybridized carbons (Fsp3) is 0.481. The fourth-order valence-corrected chi connectivity index (χ4v) is 5.45. The molecule has 1 saturated heterocycles. The highest BCUT2D eigenvalue weighted by Crippen LogP contribution is 2.42. The molecular weight excluding hydrogens is 439 g/mol. The highest BCUT2D eigenvalue weighted by Gasteiger charge is 2.38. The number of aromatic amines is 1. The largest absolute Gasteiger partial charge is 0.488 e. The van der Waals surface area contributed by atoms with Gasteiger partial charge in [0, 0.05) is 60.5 Å². The Morgan fingerprint density at radius 3 is 2.50 bits per heavy atom. The second-order valence-corrected chi connectivity index (χ2v) is 10.2. The molecule has 0 aliphatic carbocycles. The number of fused-ring (bicyclic) bond motifs is 3. The van der Waals surface area contributed by atoms with Crippen LogP contribution < -0.4 is 4.74 Å². The van der Waals surface area contributed by atoms with Crippen molar-refractivity contribution in [1.29, 1.82) is 0 Å². The second kappa shape index (κ2) is 8.93. The van der Waals surface area contributed by atoms with Crippen LogP contribution in [0.1, 0.15) is 50.1 Å². The molecule has 0 spiro atoms. The number of rotatable bonds is 7. The van der Waals surface area contributed by atoms with Gasteiger partial charge in [-0.2, -0.15) is 0 Å². The number of nitrogens with zero attached hydrogens (tertiary/aromatic N) is 2. The summed E-state index contributed by atoms with van der Waals surface area (Å²) < 4.78 is 51.7. The highest BCUT2D eigenvalue weighted by molar-refractivity contribution is 5.85. The van der Waals surface area contributed by atoms with Crippen molar-refractivity contribution in [3.63, 3.8) is 0 Å². The third-order valence-corrected chi connectivity index (χ3v) is 6.81. The molecule has 5 rings (SSSR count). The summed E-state index contributed by atoms with van der Waals surface area (Å²) in [5.41, 5.74) is 1.12. The molecule has 2 aliphatic heterocycles. The van der Waals surface area contributed by atoms with Gasteiger partial charge in [0.15, 0.2) is 0 Å². The number of alkyl halides is 1. The maximum absolute atomic E-state index is 15.6. The summed E-state index contributed by atoms with van der Waals surface area (Å²) in [6, 6.07) is 9.66. The average Bonchev–Trinajstić information content (AvgIpc) is 3.11. The second-order valence-electron chi connectivity index (χ2n) is 10.2. The van der Waals surface area contributed by atoms with E-state index in [0.717, 1.165) is 48.2 Å². The highest BCUT2D eigenvalue weighted by atomic mass is 19.1. The lowest BCUT2D eigenvalue weighted by molar-refractivity contribution is 0.0198. The van der Waals surface area contributed by atoms with Crippen molar-refractivity contribution in [3.05, 3.63) is 64.9 Å². The van der Waals surface area contributed by atoms with Gasteiger partial charge in [0.1, 0.15) is 29.2 Å². The van der Waals surface area contributed by atoms with Crippen LogP contribution in [0.4, 0.5) is 13.2 Å². The standard InChI is InChI=1S/C27H32F3N3O/c1-4-10-32-14-18(15-32)34-17-12-21(28)24(22(29)13-17)26-25-20(9-11-33(26)16-27(2,3)30)19-7-5-6-8-23(19)31-25/h5-8,12-13,18,26,31H,4,9-11,14-16H2,1-3H3. The summed E-state index contributed by atoms with van der Waals surface area (Å²) in [6.07, 6.45) is 1.69. The molecule has 2 aliphatic rings. The minimum atomic E-state index is -1.51. The molecule has 4 nitrogen and oxygen atoms in total. The van der Waals surface area contributed by atoms with E-state index in [0.29, 0.717) is 13.0 Å². The van der Waals surface area contributed by atoms with Gasteiger partial charge < -0.3 is 9.72 Å². The zero-order valence-corrected chi connectivity index (χ0v) is 20.0. The average molecular weight is 472 g/mol. The first-order valence-corrected chi connectivity index (χ1v) is 12.1. The van der Waals surface area contributed by atoms with E-state index in [2.05, 4.69) is 16.8 Å². The molecular formula is C27H32F3N3O. The van der Waals surface area contributed by atoms with Gasteiger partial charge in [-0.25, -0.2) is 13.2 Å². The normalized spacial score (nSPS) is 19.9. The molecule has 0 bridgehead atoms. The number of para-hydroxylation sites is 1. The molecule has 3 heterocycles. The number of H-pyrrole nitrogens is 1. The van der Waals surface area contributed by atoms with E-state index in [1.807, 2.05) is 29.2 Å². The summed E-state index contributed by atoms with van der Waals surface area (Å²) in [5, 5.41) is 1.05. The smallest absolute Gasteiger partial charge is 0.135 e. The molecule has 7 heteroatoms. The van der Waals surface area contributed by atoms with Crippen LogP contribution in [-0.4, -0.2) is 59.3 Å². The van der Waals surface area contributed by atoms with Crippen LogP contribution >= 0.6 is 0 Å². The lowest BCUT2D eigenvalue weighted by Crippen LogP contribution is -2.53. The van der Waals surface area contributed by atoms with Gasteiger partial charge in [0.2, 0.25) is 0 Å². The van der Waals surface area contributed by atoms with Crippen molar-refractivity contribution in [2.24, 2.45) is 0 Å². The maximum atomic E-state index is 15.6. The van der Waals surface area contributed by atoms with Crippen LogP contribution in [0.15, 0.2) is 36.4 Å². The molecule has 1 unspecified atom stereocenters. The molecule has 0 saturated carbocycles. The van der Waals surface area contributed by atoms with Crippen LogP contribution in [0, 0.1) is 11.6 Å². The Kier molecular flexibility index (Phi) is 6.10. The lowest BCUT2D eigenvalue weighted by Gasteiger charge is -2.39. The maximum Gasteiger partial charge on any atom is 0.135 e. The van der Waals surface area contributed by atoms with Crippen LogP contribution in [0.25, 0.3) is 10.9 Å². The summed E-state index contributed by atoms with van der Waals surface area (Å²) >= 11 is 0. The Balaban J connectivity index is 1.50. The molecule has 1 fully saturated rings. The number of benzene rings is 2. The molecule has 182 valence electrons. The molecule has 34 heavy (non-hydrogen) atoms. The topological polar surface area (TPSA) is 31.5 Å². The Hall–Kier alpha value is -2.51. The molecule has 2 aromatic carbocycles. The monoisotopic (exact) mass is 471 g/mol. The molecule has 1 atom stereocenters. The minimum Gasteiger partial charge on any atom is -0.488 e. The van der Waals surface area contributed by atoms with Gasteiger partial charge in [0.05, 0.1) is 6.04 Å². The van der Waals surface area contributed by atoms with Crippen molar-refractivity contribution in [2.75, 3.05) is 32.7 Å². The van der Waals surface area contributed by atoms with Crippen molar-refractivity contribution >= 4 is 10.9 Å². The van der Waals surface area contributed by atoms with Crippen molar-refractivity contribution < 1.29 is 17.9 Å². The van der Waals surface area contributed by atoms with Crippen molar-refractivity contribution in [2.45, 2.75) is 51.4 Å². The van der Waals surface area contributed by atoms with Crippen LogP contribution in [-0.2, 0) is 6.42 Å². The predicted octanol–water partition coefficient (Wildman–Crippen LogP) is 5.61. The summed E-state index contributed by atoms with van der Waals surface area (Å²) in [4.78, 5) is 7.48. The number of aromatic nitrogens is 1. The lowest BCUT2D eigenvalue weighted by atomic mass is 9.90. The van der Waals surface area contributed by atoms with E-state index < -0.39 is 23.3 Å². The van der Waals surface area contributed by atoms with E-state index in [4.69, 9.17) is 4.74 Å². The number of hydrogen-bond donors (Lipinski definition) is 1. The zero-order chi connectivity index (χ0) is 24.0. The van der Waals surface area contributed by atoms with Gasteiger partial charge in [-0.1, -0.05) is 25.1 Å². The quantitative estimate of drug-likeness (QED) is 0.486. The zero-order valence-electron chi connectivity index (χ0n) is 20.0. The third-order valence-electron chi connectivity index (χ3n) is 6.81. The van der Waals surface area contributed by atoms with Gasteiger partial charge in [-0.05, 0) is 44.9 Å². The first kappa shape index (κ1) is 23.2. The van der Waals surface area contributed by atoms with Crippen LogP contribution in [0.5, 0.6) is 5.75 Å². The van der Waals surface area contributed by atoms with E-state index >= 15 is 8.78 Å². The van der Waals surface area contributed by atoms with Gasteiger partial charge in [-0.15, -0.1) is 0 Å². The Bertz CT molecular complexity index is 1160. The molecule has 1 aromatic heterocycles. The molecule has 1 N–H and O–H groups in total. The van der Waals surface area contributed by atoms with Crippen molar-refractivity contribution in [1.82, 2.24) is 14.8 Å². The molecule has 0 radical (unpaired) electrons. The van der Waals surface area contributed by atoms with Gasteiger partial charge in [-0.3, -0.25) is 9.80 Å². The summed E-state index contributed by atoms with van der Waals surface area (Å²) in [6.45, 7) is 8.21. The van der Waals surface area contributed by atoms with Crippen LogP contribution in [0.2, 0.25) is 0 Å². The third kappa shape index (κ3) is 4.43. The first-order chi connectivity index (χ1) is 16.2. The van der Waals surface area contributed by atoms with Gasteiger partial charge >= 0.3 is 0 Å². The van der Waals surface area contributed by atoms with Crippen molar-refractivity contribution in [3.8, 4) is 5.75 Å². The fourth-order valence-electron chi connectivity index (χ4n) is 5.45. The number of halogens is 3. The summed E-state index contributed by atoms with van der Waals surface area (Å²) in [7, 11) is 0. The summed E-state index contributed by atoms with van der Waals surface area (Å²) in [5.74, 6) is -1.14. The number of likely N-dealkylation sites (tertiary alicyclic amines) is 1. The first-order valence-electron chi connectivity index (χ1n) is 12.1.